The first-order valence-electron chi connectivity index (χ1n) is 12.4. The molecule has 1 aromatic rings. The van der Waals surface area contributed by atoms with Gasteiger partial charge >= 0.3 is 5.97 Å². The zero-order valence-corrected chi connectivity index (χ0v) is 18.8. The minimum atomic E-state index is -1.45. The SMILES string of the molecule is CCCCC[C@H](F)C(=O)O[C@H]1CC[C@H](c2ccc(CCC3CC[CH]CC3)cc2)CC1. The third-order valence-electron chi connectivity index (χ3n) is 7.12. The van der Waals surface area contributed by atoms with E-state index in [0.717, 1.165) is 50.9 Å². The minimum absolute atomic E-state index is 0.106. The van der Waals surface area contributed by atoms with Gasteiger partial charge in [0.2, 0.25) is 0 Å². The summed E-state index contributed by atoms with van der Waals surface area (Å²) in [4.78, 5) is 12.0. The second kappa shape index (κ2) is 12.5. The molecule has 2 saturated carbocycles. The van der Waals surface area contributed by atoms with Crippen molar-refractivity contribution >= 4 is 5.97 Å². The van der Waals surface area contributed by atoms with Gasteiger partial charge < -0.3 is 4.74 Å². The number of hydrogen-bond acceptors (Lipinski definition) is 2. The fourth-order valence-electron chi connectivity index (χ4n) is 5.06. The monoisotopic (exact) mass is 415 g/mol. The van der Waals surface area contributed by atoms with Gasteiger partial charge in [-0.2, -0.15) is 0 Å². The summed E-state index contributed by atoms with van der Waals surface area (Å²) in [6, 6.07) is 9.21. The molecule has 1 atom stereocenters. The maximum Gasteiger partial charge on any atom is 0.340 e. The van der Waals surface area contributed by atoms with Crippen molar-refractivity contribution in [1.29, 1.82) is 0 Å². The molecule has 0 bridgehead atoms. The maximum absolute atomic E-state index is 14.0. The molecular weight excluding hydrogens is 375 g/mol. The van der Waals surface area contributed by atoms with E-state index >= 15 is 0 Å². The zero-order valence-electron chi connectivity index (χ0n) is 18.8. The smallest absolute Gasteiger partial charge is 0.340 e. The zero-order chi connectivity index (χ0) is 21.2. The van der Waals surface area contributed by atoms with Crippen molar-refractivity contribution in [3.63, 3.8) is 0 Å². The molecule has 2 nitrogen and oxygen atoms in total. The summed E-state index contributed by atoms with van der Waals surface area (Å²) >= 11 is 0. The van der Waals surface area contributed by atoms with Gasteiger partial charge in [0.15, 0.2) is 6.17 Å². The van der Waals surface area contributed by atoms with Crippen LogP contribution >= 0.6 is 0 Å². The number of ether oxygens (including phenoxy) is 1. The number of alkyl halides is 1. The molecule has 0 amide bonds. The Morgan fingerprint density at radius 3 is 2.40 bits per heavy atom. The number of carbonyl (C=O) groups excluding carboxylic acids is 1. The van der Waals surface area contributed by atoms with E-state index in [1.165, 1.54) is 49.7 Å². The highest BCUT2D eigenvalue weighted by atomic mass is 19.1. The summed E-state index contributed by atoms with van der Waals surface area (Å²) in [6.45, 7) is 2.08. The van der Waals surface area contributed by atoms with Crippen LogP contribution in [0, 0.1) is 12.3 Å². The van der Waals surface area contributed by atoms with Crippen LogP contribution in [0.15, 0.2) is 24.3 Å². The molecule has 30 heavy (non-hydrogen) atoms. The van der Waals surface area contributed by atoms with Crippen molar-refractivity contribution in [2.45, 2.75) is 115 Å². The number of aryl methyl sites for hydroxylation is 1. The summed E-state index contributed by atoms with van der Waals surface area (Å²) in [7, 11) is 0. The summed E-state index contributed by atoms with van der Waals surface area (Å²) in [5.41, 5.74) is 2.85. The van der Waals surface area contributed by atoms with E-state index in [-0.39, 0.29) is 6.10 Å². The lowest BCUT2D eigenvalue weighted by molar-refractivity contribution is -0.157. The Labute approximate surface area is 183 Å². The molecule has 0 heterocycles. The van der Waals surface area contributed by atoms with Crippen LogP contribution in [0.25, 0.3) is 0 Å². The van der Waals surface area contributed by atoms with Crippen molar-refractivity contribution in [1.82, 2.24) is 0 Å². The van der Waals surface area contributed by atoms with Gasteiger partial charge in [0.1, 0.15) is 6.10 Å². The first-order chi connectivity index (χ1) is 14.7. The highest BCUT2D eigenvalue weighted by Gasteiger charge is 2.27. The Hall–Kier alpha value is -1.38. The molecular formula is C27H40FO2. The topological polar surface area (TPSA) is 26.3 Å². The molecule has 2 aliphatic rings. The van der Waals surface area contributed by atoms with Gasteiger partial charge in [-0.1, -0.05) is 56.9 Å². The van der Waals surface area contributed by atoms with Crippen LogP contribution < -0.4 is 0 Å². The number of carbonyl (C=O) groups is 1. The number of rotatable bonds is 10. The lowest BCUT2D eigenvalue weighted by Crippen LogP contribution is -2.28. The van der Waals surface area contributed by atoms with E-state index in [9.17, 15) is 9.18 Å². The average Bonchev–Trinajstić information content (AvgIpc) is 2.79. The number of halogens is 1. The minimum Gasteiger partial charge on any atom is -0.460 e. The molecule has 167 valence electrons. The molecule has 0 saturated heterocycles. The number of hydrogen-bond donors (Lipinski definition) is 0. The Kier molecular flexibility index (Phi) is 9.68. The van der Waals surface area contributed by atoms with Gasteiger partial charge in [-0.25, -0.2) is 9.18 Å². The van der Waals surface area contributed by atoms with E-state index < -0.39 is 12.1 Å². The summed E-state index contributed by atoms with van der Waals surface area (Å²) in [5.74, 6) is 0.798. The first-order valence-corrected chi connectivity index (χ1v) is 12.4. The van der Waals surface area contributed by atoms with Gasteiger partial charge in [-0.3, -0.25) is 0 Å². The van der Waals surface area contributed by atoms with Crippen LogP contribution in [0.5, 0.6) is 0 Å². The molecule has 2 fully saturated rings. The van der Waals surface area contributed by atoms with Gasteiger partial charge in [-0.05, 0) is 93.6 Å². The number of unbranched alkanes of at least 4 members (excludes halogenated alkanes) is 2. The Morgan fingerprint density at radius 2 is 1.73 bits per heavy atom. The van der Waals surface area contributed by atoms with Crippen molar-refractivity contribution < 1.29 is 13.9 Å². The second-order valence-electron chi connectivity index (χ2n) is 9.46. The van der Waals surface area contributed by atoms with Crippen LogP contribution in [-0.2, 0) is 16.0 Å². The molecule has 0 unspecified atom stereocenters. The predicted octanol–water partition coefficient (Wildman–Crippen LogP) is 7.50. The van der Waals surface area contributed by atoms with Crippen LogP contribution in [0.2, 0.25) is 0 Å². The van der Waals surface area contributed by atoms with Crippen molar-refractivity contribution in [2.75, 3.05) is 0 Å². The fourth-order valence-corrected chi connectivity index (χ4v) is 5.06. The summed E-state index contributed by atoms with van der Waals surface area (Å²) in [6.07, 6.45) is 15.5. The van der Waals surface area contributed by atoms with E-state index in [4.69, 9.17) is 4.74 Å². The van der Waals surface area contributed by atoms with Gasteiger partial charge in [-0.15, -0.1) is 0 Å². The van der Waals surface area contributed by atoms with E-state index in [1.54, 1.807) is 0 Å². The normalized spacial score (nSPS) is 23.8. The third kappa shape index (κ3) is 7.39. The van der Waals surface area contributed by atoms with Gasteiger partial charge in [0, 0.05) is 0 Å². The van der Waals surface area contributed by atoms with Crippen LogP contribution in [0.3, 0.4) is 0 Å². The molecule has 3 heteroatoms. The number of esters is 1. The average molecular weight is 416 g/mol. The summed E-state index contributed by atoms with van der Waals surface area (Å²) in [5, 5.41) is 0. The molecule has 2 aliphatic carbocycles. The van der Waals surface area contributed by atoms with Crippen LogP contribution in [0.1, 0.15) is 107 Å². The van der Waals surface area contributed by atoms with Crippen LogP contribution in [0.4, 0.5) is 4.39 Å². The molecule has 0 aromatic heterocycles. The molecule has 0 aliphatic heterocycles. The quantitative estimate of drug-likeness (QED) is 0.292. The maximum atomic E-state index is 14.0. The number of benzene rings is 1. The third-order valence-corrected chi connectivity index (χ3v) is 7.12. The summed E-state index contributed by atoms with van der Waals surface area (Å²) < 4.78 is 19.4. The lowest BCUT2D eigenvalue weighted by Gasteiger charge is -2.29. The van der Waals surface area contributed by atoms with Crippen LogP contribution in [-0.4, -0.2) is 18.2 Å². The Balaban J connectivity index is 1.37. The molecule has 1 aromatic carbocycles. The largest absolute Gasteiger partial charge is 0.460 e. The highest BCUT2D eigenvalue weighted by molar-refractivity contribution is 5.74. The van der Waals surface area contributed by atoms with E-state index in [0.29, 0.717) is 12.3 Å². The highest BCUT2D eigenvalue weighted by Crippen LogP contribution is 2.35. The van der Waals surface area contributed by atoms with E-state index in [1.807, 2.05) is 0 Å². The molecule has 1 radical (unpaired) electrons. The van der Waals surface area contributed by atoms with E-state index in [2.05, 4.69) is 37.6 Å². The van der Waals surface area contributed by atoms with Gasteiger partial charge in [0.05, 0.1) is 0 Å². The molecule has 0 N–H and O–H groups in total. The predicted molar refractivity (Wildman–Crippen MR) is 121 cm³/mol. The second-order valence-corrected chi connectivity index (χ2v) is 9.46. The Bertz CT molecular complexity index is 612. The standard InChI is InChI=1S/C27H40FO2/c1-2-3-5-10-26(28)27(29)30-25-19-17-24(18-20-25)23-15-13-22(14-16-23)12-11-21-8-6-4-7-9-21/h4,13-16,21,24-26H,2-3,5-12,17-20H2,1H3/t24-,25-,26-/m0/s1. The van der Waals surface area contributed by atoms with Gasteiger partial charge in [0.25, 0.3) is 0 Å². The van der Waals surface area contributed by atoms with Crippen molar-refractivity contribution in [2.24, 2.45) is 5.92 Å². The molecule has 0 spiro atoms. The Morgan fingerprint density at radius 1 is 1.03 bits per heavy atom. The fraction of sp³-hybridized carbons (Fsp3) is 0.704. The van der Waals surface area contributed by atoms with Crippen molar-refractivity contribution in [3.05, 3.63) is 41.8 Å². The lowest BCUT2D eigenvalue weighted by atomic mass is 9.82. The van der Waals surface area contributed by atoms with Crippen molar-refractivity contribution in [3.8, 4) is 0 Å². The molecule has 3 rings (SSSR count). The first kappa shape index (κ1) is 23.3.